The van der Waals surface area contributed by atoms with Gasteiger partial charge < -0.3 is 4.74 Å². The van der Waals surface area contributed by atoms with E-state index in [0.717, 1.165) is 24.8 Å². The summed E-state index contributed by atoms with van der Waals surface area (Å²) >= 11 is 0. The molecule has 0 saturated carbocycles. The molecule has 2 nitrogen and oxygen atoms in total. The van der Waals surface area contributed by atoms with Crippen LogP contribution >= 0.6 is 0 Å². The van der Waals surface area contributed by atoms with Crippen molar-refractivity contribution in [1.82, 2.24) is 0 Å². The largest absolute Gasteiger partial charge is 0.423 e. The van der Waals surface area contributed by atoms with Crippen LogP contribution in [0.15, 0.2) is 24.8 Å². The highest BCUT2D eigenvalue weighted by molar-refractivity contribution is 5.83. The Hall–Kier alpha value is -1.57. The molecule has 0 saturated heterocycles. The van der Waals surface area contributed by atoms with Crippen LogP contribution in [0.3, 0.4) is 0 Å². The quantitative estimate of drug-likeness (QED) is 0.441. The van der Waals surface area contributed by atoms with Gasteiger partial charge in [0.05, 0.1) is 0 Å². The van der Waals surface area contributed by atoms with E-state index in [4.69, 9.17) is 4.74 Å². The predicted octanol–water partition coefficient (Wildman–Crippen LogP) is 3.47. The van der Waals surface area contributed by atoms with Crippen LogP contribution in [0.5, 0.6) is 5.75 Å². The molecule has 0 amide bonds. The molecule has 0 unspecified atom stereocenters. The van der Waals surface area contributed by atoms with Gasteiger partial charge in [-0.1, -0.05) is 33.4 Å². The van der Waals surface area contributed by atoms with Crippen molar-refractivity contribution in [3.05, 3.63) is 41.5 Å². The Morgan fingerprint density at radius 2 is 1.82 bits per heavy atom. The normalized spacial score (nSPS) is 10.1. The molecule has 0 heterocycles. The smallest absolute Gasteiger partial charge is 0.335 e. The van der Waals surface area contributed by atoms with E-state index in [1.54, 1.807) is 0 Å². The third-order valence-corrected chi connectivity index (χ3v) is 2.95. The van der Waals surface area contributed by atoms with E-state index in [-0.39, 0.29) is 0 Å². The molecule has 0 aliphatic heterocycles. The summed E-state index contributed by atoms with van der Waals surface area (Å²) in [5.41, 5.74) is 3.79. The SMILES string of the molecule is C=CC(=O)Oc1ccc(CC)c(CC)c1CC. The summed E-state index contributed by atoms with van der Waals surface area (Å²) in [6.45, 7) is 9.77. The topological polar surface area (TPSA) is 26.3 Å². The van der Waals surface area contributed by atoms with Gasteiger partial charge in [-0.3, -0.25) is 0 Å². The van der Waals surface area contributed by atoms with Crippen molar-refractivity contribution < 1.29 is 9.53 Å². The van der Waals surface area contributed by atoms with Crippen molar-refractivity contribution in [2.45, 2.75) is 40.0 Å². The first kappa shape index (κ1) is 13.5. The summed E-state index contributed by atoms with van der Waals surface area (Å²) in [4.78, 5) is 11.3. The number of rotatable bonds is 5. The maximum Gasteiger partial charge on any atom is 0.335 e. The van der Waals surface area contributed by atoms with E-state index in [2.05, 4.69) is 27.4 Å². The van der Waals surface area contributed by atoms with Crippen molar-refractivity contribution in [2.75, 3.05) is 0 Å². The second-order valence-corrected chi connectivity index (χ2v) is 3.87. The van der Waals surface area contributed by atoms with Crippen LogP contribution in [0.1, 0.15) is 37.5 Å². The zero-order valence-corrected chi connectivity index (χ0v) is 10.9. The molecular formula is C15H20O2. The third kappa shape index (κ3) is 2.96. The average molecular weight is 232 g/mol. The Balaban J connectivity index is 3.22. The number of carbonyl (C=O) groups excluding carboxylic acids is 1. The fraction of sp³-hybridized carbons (Fsp3) is 0.400. The molecule has 0 aromatic heterocycles. The molecule has 0 fully saturated rings. The maximum absolute atomic E-state index is 11.3. The highest BCUT2D eigenvalue weighted by Crippen LogP contribution is 2.27. The van der Waals surface area contributed by atoms with Gasteiger partial charge in [-0.05, 0) is 42.0 Å². The van der Waals surface area contributed by atoms with Crippen LogP contribution < -0.4 is 4.74 Å². The third-order valence-electron chi connectivity index (χ3n) is 2.95. The Kier molecular flexibility index (Phi) is 4.95. The van der Waals surface area contributed by atoms with Crippen molar-refractivity contribution in [1.29, 1.82) is 0 Å². The molecular weight excluding hydrogens is 212 g/mol. The van der Waals surface area contributed by atoms with E-state index in [1.807, 2.05) is 12.1 Å². The summed E-state index contributed by atoms with van der Waals surface area (Å²) in [6, 6.07) is 3.93. The fourth-order valence-corrected chi connectivity index (χ4v) is 2.12. The number of hydrogen-bond donors (Lipinski definition) is 0. The molecule has 0 N–H and O–H groups in total. The molecule has 0 radical (unpaired) electrons. The van der Waals surface area contributed by atoms with Crippen LogP contribution in [0.4, 0.5) is 0 Å². The molecule has 0 aliphatic carbocycles. The van der Waals surface area contributed by atoms with Crippen LogP contribution in [-0.4, -0.2) is 5.97 Å². The van der Waals surface area contributed by atoms with Gasteiger partial charge in [0.25, 0.3) is 0 Å². The fourth-order valence-electron chi connectivity index (χ4n) is 2.12. The van der Waals surface area contributed by atoms with Gasteiger partial charge in [0.1, 0.15) is 5.75 Å². The minimum atomic E-state index is -0.397. The summed E-state index contributed by atoms with van der Waals surface area (Å²) < 4.78 is 5.27. The van der Waals surface area contributed by atoms with Crippen LogP contribution in [0.25, 0.3) is 0 Å². The van der Waals surface area contributed by atoms with E-state index in [9.17, 15) is 4.79 Å². The number of aryl methyl sites for hydroxylation is 1. The monoisotopic (exact) mass is 232 g/mol. The number of esters is 1. The zero-order chi connectivity index (χ0) is 12.8. The Labute approximate surface area is 103 Å². The highest BCUT2D eigenvalue weighted by atomic mass is 16.5. The van der Waals surface area contributed by atoms with Gasteiger partial charge in [0.15, 0.2) is 0 Å². The first-order chi connectivity index (χ1) is 8.17. The lowest BCUT2D eigenvalue weighted by Gasteiger charge is -2.15. The lowest BCUT2D eigenvalue weighted by molar-refractivity contribution is -0.129. The lowest BCUT2D eigenvalue weighted by Crippen LogP contribution is -2.08. The number of ether oxygens (including phenoxy) is 1. The van der Waals surface area contributed by atoms with E-state index < -0.39 is 5.97 Å². The number of carbonyl (C=O) groups is 1. The maximum atomic E-state index is 11.3. The zero-order valence-electron chi connectivity index (χ0n) is 10.9. The number of hydrogen-bond acceptors (Lipinski definition) is 2. The summed E-state index contributed by atoms with van der Waals surface area (Å²) in [6.07, 6.45) is 4.03. The molecule has 17 heavy (non-hydrogen) atoms. The predicted molar refractivity (Wildman–Crippen MR) is 70.4 cm³/mol. The molecule has 0 bridgehead atoms. The lowest BCUT2D eigenvalue weighted by atomic mass is 9.95. The van der Waals surface area contributed by atoms with Crippen molar-refractivity contribution >= 4 is 5.97 Å². The first-order valence-electron chi connectivity index (χ1n) is 6.15. The minimum Gasteiger partial charge on any atom is -0.423 e. The summed E-state index contributed by atoms with van der Waals surface area (Å²) in [5.74, 6) is 0.275. The molecule has 1 rings (SSSR count). The van der Waals surface area contributed by atoms with Crippen molar-refractivity contribution in [2.24, 2.45) is 0 Å². The molecule has 92 valence electrons. The second kappa shape index (κ2) is 6.24. The van der Waals surface area contributed by atoms with Gasteiger partial charge in [-0.25, -0.2) is 4.79 Å². The van der Waals surface area contributed by atoms with Gasteiger partial charge >= 0.3 is 5.97 Å². The molecule has 1 aromatic rings. The Morgan fingerprint density at radius 3 is 2.29 bits per heavy atom. The van der Waals surface area contributed by atoms with Gasteiger partial charge in [0, 0.05) is 6.08 Å². The van der Waals surface area contributed by atoms with Crippen LogP contribution in [0, 0.1) is 0 Å². The Bertz CT molecular complexity index is 419. The molecule has 0 spiro atoms. The first-order valence-corrected chi connectivity index (χ1v) is 6.15. The Morgan fingerprint density at radius 1 is 1.18 bits per heavy atom. The number of benzene rings is 1. The standard InChI is InChI=1S/C15H20O2/c1-5-11-9-10-14(17-15(16)8-4)13(7-3)12(11)6-2/h8-10H,4-7H2,1-3H3. The van der Waals surface area contributed by atoms with Crippen molar-refractivity contribution in [3.63, 3.8) is 0 Å². The van der Waals surface area contributed by atoms with Crippen molar-refractivity contribution in [3.8, 4) is 5.75 Å². The van der Waals surface area contributed by atoms with E-state index in [0.29, 0.717) is 5.75 Å². The summed E-state index contributed by atoms with van der Waals surface area (Å²) in [7, 11) is 0. The van der Waals surface area contributed by atoms with Crippen LogP contribution in [-0.2, 0) is 24.1 Å². The molecule has 2 heteroatoms. The van der Waals surface area contributed by atoms with Gasteiger partial charge in [0.2, 0.25) is 0 Å². The molecule has 0 atom stereocenters. The minimum absolute atomic E-state index is 0.397. The van der Waals surface area contributed by atoms with E-state index >= 15 is 0 Å². The summed E-state index contributed by atoms with van der Waals surface area (Å²) in [5, 5.41) is 0. The van der Waals surface area contributed by atoms with E-state index in [1.165, 1.54) is 17.2 Å². The second-order valence-electron chi connectivity index (χ2n) is 3.87. The molecule has 0 aliphatic rings. The van der Waals surface area contributed by atoms with Gasteiger partial charge in [-0.2, -0.15) is 0 Å². The molecule has 1 aromatic carbocycles. The van der Waals surface area contributed by atoms with Gasteiger partial charge in [-0.15, -0.1) is 0 Å². The van der Waals surface area contributed by atoms with Crippen LogP contribution in [0.2, 0.25) is 0 Å². The highest BCUT2D eigenvalue weighted by Gasteiger charge is 2.12. The average Bonchev–Trinajstić information content (AvgIpc) is 2.37.